The van der Waals surface area contributed by atoms with Crippen LogP contribution in [0, 0.1) is 11.3 Å². The fourth-order valence-corrected chi connectivity index (χ4v) is 1.18. The molecule has 2 nitrogen and oxygen atoms in total. The van der Waals surface area contributed by atoms with Gasteiger partial charge in [-0.15, -0.1) is 0 Å². The van der Waals surface area contributed by atoms with E-state index in [0.717, 1.165) is 18.2 Å². The van der Waals surface area contributed by atoms with Crippen molar-refractivity contribution in [1.82, 2.24) is 10.6 Å². The summed E-state index contributed by atoms with van der Waals surface area (Å²) in [5.41, 5.74) is 0.339. The average Bonchev–Trinajstić information content (AvgIpc) is 2.13. The zero-order valence-corrected chi connectivity index (χ0v) is 11.6. The topological polar surface area (TPSA) is 24.1 Å². The number of unbranched alkanes of at least 4 members (excludes halogenated alkanes) is 1. The Bertz CT molecular complexity index is 185. The van der Waals surface area contributed by atoms with E-state index >= 15 is 0 Å². The van der Waals surface area contributed by atoms with Gasteiger partial charge >= 0.3 is 0 Å². The predicted octanol–water partition coefficient (Wildman–Crippen LogP) is 2.93. The normalized spacial score (nSPS) is 13.4. The summed E-state index contributed by atoms with van der Waals surface area (Å²) in [6, 6.07) is 0. The van der Waals surface area contributed by atoms with E-state index < -0.39 is 0 Å². The van der Waals surface area contributed by atoms with Crippen molar-refractivity contribution in [3.05, 3.63) is 0 Å². The van der Waals surface area contributed by atoms with Crippen molar-refractivity contribution < 1.29 is 0 Å². The number of nitrogens with one attached hydrogen (secondary N) is 2. The summed E-state index contributed by atoms with van der Waals surface area (Å²) >= 11 is 5.19. The highest BCUT2D eigenvalue weighted by Crippen LogP contribution is 2.24. The minimum Gasteiger partial charge on any atom is -0.363 e. The summed E-state index contributed by atoms with van der Waals surface area (Å²) in [6.45, 7) is 13.1. The summed E-state index contributed by atoms with van der Waals surface area (Å²) in [5.74, 6) is 0.614. The van der Waals surface area contributed by atoms with E-state index in [0.29, 0.717) is 11.3 Å². The summed E-state index contributed by atoms with van der Waals surface area (Å²) in [5, 5.41) is 7.27. The van der Waals surface area contributed by atoms with Gasteiger partial charge in [0.25, 0.3) is 0 Å². The lowest BCUT2D eigenvalue weighted by Crippen LogP contribution is -2.40. The van der Waals surface area contributed by atoms with E-state index in [1.807, 2.05) is 0 Å². The van der Waals surface area contributed by atoms with Crippen molar-refractivity contribution in [2.45, 2.75) is 47.5 Å². The van der Waals surface area contributed by atoms with Gasteiger partial charge in [0.15, 0.2) is 5.11 Å². The number of hydrogen-bond acceptors (Lipinski definition) is 1. The van der Waals surface area contributed by atoms with Crippen LogP contribution in [0.3, 0.4) is 0 Å². The summed E-state index contributed by atoms with van der Waals surface area (Å²) in [7, 11) is 0. The zero-order valence-electron chi connectivity index (χ0n) is 10.8. The molecule has 0 heterocycles. The standard InChI is InChI=1S/C12H26N2S/c1-6-7-8-13-11(15)14-9-10(2)12(3,4)5/h10H,6-9H2,1-5H3,(H2,13,14,15). The lowest BCUT2D eigenvalue weighted by molar-refractivity contribution is 0.262. The molecule has 0 aliphatic heterocycles. The fourth-order valence-electron chi connectivity index (χ4n) is 0.993. The number of thiocarbonyl (C=S) groups is 1. The molecular formula is C12H26N2S. The number of rotatable bonds is 5. The maximum Gasteiger partial charge on any atom is 0.166 e. The van der Waals surface area contributed by atoms with Crippen molar-refractivity contribution in [3.63, 3.8) is 0 Å². The van der Waals surface area contributed by atoms with Crippen molar-refractivity contribution in [1.29, 1.82) is 0 Å². The zero-order chi connectivity index (χ0) is 11.9. The maximum atomic E-state index is 5.19. The molecular weight excluding hydrogens is 204 g/mol. The smallest absolute Gasteiger partial charge is 0.166 e. The molecule has 0 radical (unpaired) electrons. The third-order valence-electron chi connectivity index (χ3n) is 2.86. The highest BCUT2D eigenvalue weighted by Gasteiger charge is 2.19. The Kier molecular flexibility index (Phi) is 6.90. The Morgan fingerprint density at radius 1 is 1.27 bits per heavy atom. The van der Waals surface area contributed by atoms with Crippen LogP contribution in [0.4, 0.5) is 0 Å². The van der Waals surface area contributed by atoms with E-state index in [2.05, 4.69) is 45.3 Å². The lowest BCUT2D eigenvalue weighted by atomic mass is 9.82. The molecule has 0 saturated heterocycles. The quantitative estimate of drug-likeness (QED) is 0.561. The Balaban J connectivity index is 3.62. The van der Waals surface area contributed by atoms with Gasteiger partial charge in [-0.1, -0.05) is 41.0 Å². The van der Waals surface area contributed by atoms with Gasteiger partial charge in [-0.2, -0.15) is 0 Å². The van der Waals surface area contributed by atoms with Gasteiger partial charge < -0.3 is 10.6 Å². The summed E-state index contributed by atoms with van der Waals surface area (Å²) in [6.07, 6.45) is 2.38. The lowest BCUT2D eigenvalue weighted by Gasteiger charge is -2.27. The van der Waals surface area contributed by atoms with Crippen LogP contribution in [0.15, 0.2) is 0 Å². The highest BCUT2D eigenvalue weighted by atomic mass is 32.1. The largest absolute Gasteiger partial charge is 0.363 e. The molecule has 90 valence electrons. The Morgan fingerprint density at radius 3 is 2.33 bits per heavy atom. The highest BCUT2D eigenvalue weighted by molar-refractivity contribution is 7.80. The van der Waals surface area contributed by atoms with Crippen LogP contribution in [0.5, 0.6) is 0 Å². The van der Waals surface area contributed by atoms with E-state index in [1.54, 1.807) is 0 Å². The molecule has 0 aliphatic carbocycles. The summed E-state index contributed by atoms with van der Waals surface area (Å²) in [4.78, 5) is 0. The Labute approximate surface area is 100 Å². The van der Waals surface area contributed by atoms with Gasteiger partial charge in [0.05, 0.1) is 0 Å². The van der Waals surface area contributed by atoms with Crippen molar-refractivity contribution >= 4 is 17.3 Å². The second-order valence-electron chi connectivity index (χ2n) is 5.26. The van der Waals surface area contributed by atoms with Crippen LogP contribution in [0.25, 0.3) is 0 Å². The van der Waals surface area contributed by atoms with Gasteiger partial charge in [0.2, 0.25) is 0 Å². The van der Waals surface area contributed by atoms with E-state index in [9.17, 15) is 0 Å². The second-order valence-corrected chi connectivity index (χ2v) is 5.67. The molecule has 2 N–H and O–H groups in total. The molecule has 0 aromatic carbocycles. The minimum atomic E-state index is 0.339. The molecule has 1 unspecified atom stereocenters. The van der Waals surface area contributed by atoms with Crippen molar-refractivity contribution in [3.8, 4) is 0 Å². The first-order chi connectivity index (χ1) is 6.88. The molecule has 0 rings (SSSR count). The van der Waals surface area contributed by atoms with Crippen molar-refractivity contribution in [2.75, 3.05) is 13.1 Å². The van der Waals surface area contributed by atoms with Crippen LogP contribution in [0.2, 0.25) is 0 Å². The van der Waals surface area contributed by atoms with E-state index in [-0.39, 0.29) is 0 Å². The molecule has 15 heavy (non-hydrogen) atoms. The summed E-state index contributed by atoms with van der Waals surface area (Å²) < 4.78 is 0. The molecule has 0 aromatic rings. The van der Waals surface area contributed by atoms with Crippen molar-refractivity contribution in [2.24, 2.45) is 11.3 Å². The van der Waals surface area contributed by atoms with Crippen LogP contribution in [-0.2, 0) is 0 Å². The molecule has 0 aliphatic rings. The van der Waals surface area contributed by atoms with E-state index in [4.69, 9.17) is 12.2 Å². The molecule has 0 bridgehead atoms. The first-order valence-electron chi connectivity index (χ1n) is 5.89. The molecule has 0 spiro atoms. The molecule has 0 fully saturated rings. The first-order valence-corrected chi connectivity index (χ1v) is 6.30. The van der Waals surface area contributed by atoms with E-state index in [1.165, 1.54) is 12.8 Å². The van der Waals surface area contributed by atoms with Gasteiger partial charge in [-0.25, -0.2) is 0 Å². The molecule has 0 amide bonds. The molecule has 0 aromatic heterocycles. The minimum absolute atomic E-state index is 0.339. The SMILES string of the molecule is CCCCNC(=S)NCC(C)C(C)(C)C. The van der Waals surface area contributed by atoms with Gasteiger partial charge in [-0.05, 0) is 30.0 Å². The fraction of sp³-hybridized carbons (Fsp3) is 0.917. The van der Waals surface area contributed by atoms with Crippen LogP contribution in [0.1, 0.15) is 47.5 Å². The maximum absolute atomic E-state index is 5.19. The van der Waals surface area contributed by atoms with Gasteiger partial charge in [0, 0.05) is 13.1 Å². The Morgan fingerprint density at radius 2 is 1.87 bits per heavy atom. The monoisotopic (exact) mass is 230 g/mol. The Hall–Kier alpha value is -0.310. The molecule has 3 heteroatoms. The van der Waals surface area contributed by atoms with Crippen LogP contribution >= 0.6 is 12.2 Å². The molecule has 1 atom stereocenters. The average molecular weight is 230 g/mol. The predicted molar refractivity (Wildman–Crippen MR) is 72.1 cm³/mol. The van der Waals surface area contributed by atoms with Gasteiger partial charge in [-0.3, -0.25) is 0 Å². The van der Waals surface area contributed by atoms with Crippen LogP contribution < -0.4 is 10.6 Å². The third kappa shape index (κ3) is 7.60. The molecule has 0 saturated carbocycles. The second kappa shape index (κ2) is 7.04. The van der Waals surface area contributed by atoms with Gasteiger partial charge in [0.1, 0.15) is 0 Å². The van der Waals surface area contributed by atoms with Crippen LogP contribution in [-0.4, -0.2) is 18.2 Å². The first kappa shape index (κ1) is 14.7. The number of hydrogen-bond donors (Lipinski definition) is 2. The third-order valence-corrected chi connectivity index (χ3v) is 3.15.